The van der Waals surface area contributed by atoms with Crippen molar-refractivity contribution in [1.29, 1.82) is 0 Å². The maximum atomic E-state index is 14.3. The fraction of sp³-hybridized carbons (Fsp3) is 0.535. The van der Waals surface area contributed by atoms with Crippen molar-refractivity contribution in [3.05, 3.63) is 77.9 Å². The molecule has 3 rings (SSSR count). The average Bonchev–Trinajstić information content (AvgIpc) is 3.18. The van der Waals surface area contributed by atoms with Gasteiger partial charge in [-0.3, -0.25) is 33.8 Å². The van der Waals surface area contributed by atoms with Gasteiger partial charge in [0.15, 0.2) is 0 Å². The second-order valence-electron chi connectivity index (χ2n) is 15.3. The lowest BCUT2D eigenvalue weighted by molar-refractivity contribution is -0.162. The fourth-order valence-electron chi connectivity index (χ4n) is 6.62. The highest BCUT2D eigenvalue weighted by Gasteiger charge is 2.38. The number of aromatic hydroxyl groups is 1. The van der Waals surface area contributed by atoms with Crippen LogP contribution in [0.25, 0.3) is 0 Å². The Morgan fingerprint density at radius 1 is 1.07 bits per heavy atom. The summed E-state index contributed by atoms with van der Waals surface area (Å²) < 4.78 is 6.03. The summed E-state index contributed by atoms with van der Waals surface area (Å²) in [4.78, 5) is 85.1. The number of amides is 4. The van der Waals surface area contributed by atoms with Gasteiger partial charge in [0.25, 0.3) is 11.8 Å². The molecule has 1 saturated heterocycles. The minimum absolute atomic E-state index is 0.0232. The number of hydroxylamine groups is 2. The van der Waals surface area contributed by atoms with Crippen molar-refractivity contribution < 1.29 is 48.6 Å². The van der Waals surface area contributed by atoms with Crippen LogP contribution in [0.3, 0.4) is 0 Å². The molecular formula is C43H61N5O10. The molecule has 2 heterocycles. The summed E-state index contributed by atoms with van der Waals surface area (Å²) in [5.74, 6) is -4.80. The zero-order valence-corrected chi connectivity index (χ0v) is 34.7. The number of ketones is 1. The number of rotatable bonds is 10. The van der Waals surface area contributed by atoms with Gasteiger partial charge in [-0.25, -0.2) is 10.5 Å². The number of nitrogens with zero attached hydrogens (tertiary/aromatic N) is 2. The number of likely N-dealkylation sites (N-methyl/N-ethyl adjacent to an activating group) is 1. The molecule has 5 unspecified atom stereocenters. The lowest BCUT2D eigenvalue weighted by Crippen LogP contribution is -2.62. The second-order valence-corrected chi connectivity index (χ2v) is 15.3. The van der Waals surface area contributed by atoms with Crippen LogP contribution in [-0.4, -0.2) is 107 Å². The number of aliphatic hydroxyl groups is 1. The number of esters is 1. The number of carbonyl (C=O) groups is 6. The van der Waals surface area contributed by atoms with E-state index in [0.29, 0.717) is 30.4 Å². The van der Waals surface area contributed by atoms with Crippen LogP contribution >= 0.6 is 0 Å². The Labute approximate surface area is 341 Å². The van der Waals surface area contributed by atoms with Gasteiger partial charge in [-0.05, 0) is 74.6 Å². The third-order valence-corrected chi connectivity index (χ3v) is 10.3. The van der Waals surface area contributed by atoms with E-state index in [2.05, 4.69) is 16.1 Å². The number of phenols is 1. The number of phenolic OH excluding ortho intramolecular Hbond substituents is 1. The molecule has 0 radical (unpaired) electrons. The predicted octanol–water partition coefficient (Wildman–Crippen LogP) is 3.38. The van der Waals surface area contributed by atoms with E-state index >= 15 is 0 Å². The minimum atomic E-state index is -1.19. The summed E-state index contributed by atoms with van der Waals surface area (Å²) >= 11 is 0. The molecule has 1 fully saturated rings. The summed E-state index contributed by atoms with van der Waals surface area (Å²) in [7, 11) is 2.85. The van der Waals surface area contributed by atoms with Gasteiger partial charge in [-0.2, -0.15) is 0 Å². The number of nitrogens with one attached hydrogen (secondary N) is 3. The molecule has 0 aromatic heterocycles. The topological polar surface area (TPSA) is 204 Å². The molecule has 2 bridgehead atoms. The number of ether oxygens (including phenoxy) is 1. The number of fused-ring (bicyclic) bond motifs is 2. The first-order valence-corrected chi connectivity index (χ1v) is 19.8. The van der Waals surface area contributed by atoms with Crippen molar-refractivity contribution in [2.45, 2.75) is 110 Å². The van der Waals surface area contributed by atoms with Crippen LogP contribution in [-0.2, 0) is 44.8 Å². The predicted molar refractivity (Wildman–Crippen MR) is 217 cm³/mol. The minimum Gasteiger partial charge on any atom is -0.508 e. The maximum absolute atomic E-state index is 14.3. The molecule has 0 aliphatic carbocycles. The number of benzene rings is 1. The molecule has 2 aliphatic heterocycles. The largest absolute Gasteiger partial charge is 0.508 e. The summed E-state index contributed by atoms with van der Waals surface area (Å²) in [5, 5.41) is 29.6. The molecular weight excluding hydrogens is 746 g/mol. The molecule has 1 aromatic carbocycles. The monoisotopic (exact) mass is 807 g/mol. The molecule has 7 atom stereocenters. The van der Waals surface area contributed by atoms with Crippen LogP contribution in [0.2, 0.25) is 0 Å². The Kier molecular flexibility index (Phi) is 19.0. The van der Waals surface area contributed by atoms with E-state index in [0.717, 1.165) is 5.06 Å². The number of hydrazine groups is 1. The van der Waals surface area contributed by atoms with Gasteiger partial charge >= 0.3 is 5.97 Å². The van der Waals surface area contributed by atoms with Crippen LogP contribution in [0.15, 0.2) is 72.4 Å². The zero-order chi connectivity index (χ0) is 42.9. The van der Waals surface area contributed by atoms with Crippen LogP contribution < -0.4 is 16.1 Å². The summed E-state index contributed by atoms with van der Waals surface area (Å²) in [5.41, 5.74) is 4.20. The van der Waals surface area contributed by atoms with Gasteiger partial charge in [-0.15, -0.1) is 0 Å². The van der Waals surface area contributed by atoms with E-state index in [1.54, 1.807) is 58.1 Å². The summed E-state index contributed by atoms with van der Waals surface area (Å²) in [6.07, 6.45) is 11.4. The highest BCUT2D eigenvalue weighted by molar-refractivity contribution is 5.93. The standard InChI is InChI=1S/C43H61N5O10/c1-27(2)38-41(54)44-35(26-31-17-13-18-32(50)25-31)42(55)48-24-14-19-34(46-48)43(56)58-36(28(3)16-12-21-37(51)47(6)57-7)20-11-9-8-10-15-29(4)39(52)33(40(53)45-38)23-22-30(5)49/h8-13,16-18,21,25,27,29,33-36,38-39,46,50,52H,14-15,19-20,22-24,26H2,1-7H3,(H,44,54)(H,45,53)/b10-8+,11-9+,21-12+,28-16+/t29?,33?,34?,35?,36-,38?,39+/m0/s1. The molecule has 15 nitrogen and oxygen atoms in total. The van der Waals surface area contributed by atoms with E-state index < -0.39 is 77.7 Å². The number of cyclic esters (lactones) is 1. The molecule has 0 saturated carbocycles. The van der Waals surface area contributed by atoms with Gasteiger partial charge in [0, 0.05) is 38.9 Å². The van der Waals surface area contributed by atoms with Gasteiger partial charge < -0.3 is 30.4 Å². The Hall–Kier alpha value is -5.12. The molecule has 15 heteroatoms. The van der Waals surface area contributed by atoms with Gasteiger partial charge in [-0.1, -0.05) is 69.4 Å². The Morgan fingerprint density at radius 3 is 2.43 bits per heavy atom. The van der Waals surface area contributed by atoms with Crippen molar-refractivity contribution in [2.24, 2.45) is 17.8 Å². The average molecular weight is 808 g/mol. The number of allylic oxidation sites excluding steroid dienone is 5. The normalized spacial score (nSPS) is 27.2. The van der Waals surface area contributed by atoms with E-state index in [9.17, 15) is 39.0 Å². The number of Topliss-reactive ketones (excluding diaryl/α,β-unsaturated/α-hetero) is 1. The molecule has 0 spiro atoms. The quantitative estimate of drug-likeness (QED) is 0.100. The van der Waals surface area contributed by atoms with Crippen molar-refractivity contribution >= 4 is 35.4 Å². The van der Waals surface area contributed by atoms with Crippen LogP contribution in [0, 0.1) is 17.8 Å². The third-order valence-electron chi connectivity index (χ3n) is 10.3. The van der Waals surface area contributed by atoms with E-state index in [1.165, 1.54) is 50.4 Å². The van der Waals surface area contributed by atoms with Gasteiger partial charge in [0.2, 0.25) is 11.8 Å². The SMILES string of the molecule is CON(C)C(=O)/C=C/C=C(\C)[C@@H]1C/C=C/C=C/CC(C)[C@@H](O)C(CCC(C)=O)C(=O)NC(C(C)C)C(=O)NC(Cc2cccc(O)c2)C(=O)N2CCCC(N2)C(=O)O1. The maximum Gasteiger partial charge on any atom is 0.325 e. The van der Waals surface area contributed by atoms with Crippen molar-refractivity contribution in [2.75, 3.05) is 20.7 Å². The van der Waals surface area contributed by atoms with Gasteiger partial charge in [0.1, 0.15) is 35.8 Å². The Balaban J connectivity index is 2.05. The van der Waals surface area contributed by atoms with Crippen molar-refractivity contribution in [1.82, 2.24) is 26.1 Å². The lowest BCUT2D eigenvalue weighted by atomic mass is 9.85. The fourth-order valence-corrected chi connectivity index (χ4v) is 6.62. The molecule has 318 valence electrons. The van der Waals surface area contributed by atoms with Crippen LogP contribution in [0.4, 0.5) is 0 Å². The lowest BCUT2D eigenvalue weighted by Gasteiger charge is -2.36. The number of carbonyl (C=O) groups excluding carboxylic acids is 6. The molecule has 58 heavy (non-hydrogen) atoms. The van der Waals surface area contributed by atoms with Crippen molar-refractivity contribution in [3.8, 4) is 5.75 Å². The highest BCUT2D eigenvalue weighted by atomic mass is 16.7. The Bertz CT molecular complexity index is 1720. The van der Waals surface area contributed by atoms with Crippen LogP contribution in [0.1, 0.15) is 78.7 Å². The first-order valence-electron chi connectivity index (χ1n) is 19.8. The molecule has 2 aliphatic rings. The summed E-state index contributed by atoms with van der Waals surface area (Å²) in [6.45, 7) is 8.68. The van der Waals surface area contributed by atoms with Crippen LogP contribution in [0.5, 0.6) is 5.75 Å². The number of hydrogen-bond donors (Lipinski definition) is 5. The van der Waals surface area contributed by atoms with E-state index in [4.69, 9.17) is 9.57 Å². The molecule has 1 aromatic rings. The first-order chi connectivity index (χ1) is 27.5. The number of hydrogen-bond acceptors (Lipinski definition) is 11. The Morgan fingerprint density at radius 2 is 1.78 bits per heavy atom. The summed E-state index contributed by atoms with van der Waals surface area (Å²) in [6, 6.07) is 3.08. The molecule has 4 amide bonds. The van der Waals surface area contributed by atoms with Crippen molar-refractivity contribution in [3.63, 3.8) is 0 Å². The second kappa shape index (κ2) is 23.3. The number of aliphatic hydroxyl groups excluding tert-OH is 1. The third kappa shape index (κ3) is 14.7. The first kappa shape index (κ1) is 47.3. The smallest absolute Gasteiger partial charge is 0.325 e. The van der Waals surface area contributed by atoms with Gasteiger partial charge in [0.05, 0.1) is 19.1 Å². The van der Waals surface area contributed by atoms with E-state index in [-0.39, 0.29) is 43.8 Å². The molecule has 5 N–H and O–H groups in total. The highest BCUT2D eigenvalue weighted by Crippen LogP contribution is 2.24. The van der Waals surface area contributed by atoms with E-state index in [1.807, 2.05) is 12.2 Å². The zero-order valence-electron chi connectivity index (χ0n) is 34.7.